The quantitative estimate of drug-likeness (QED) is 0.684. The van der Waals surface area contributed by atoms with E-state index in [1.165, 1.54) is 6.07 Å². The highest BCUT2D eigenvalue weighted by Gasteiger charge is 2.07. The van der Waals surface area contributed by atoms with Gasteiger partial charge in [-0.05, 0) is 48.7 Å². The van der Waals surface area contributed by atoms with Gasteiger partial charge in [0, 0.05) is 18.5 Å². The van der Waals surface area contributed by atoms with Gasteiger partial charge in [0.2, 0.25) is 5.56 Å². The van der Waals surface area contributed by atoms with Crippen LogP contribution in [0.25, 0.3) is 11.1 Å². The van der Waals surface area contributed by atoms with Crippen LogP contribution in [0.4, 0.5) is 17.5 Å². The van der Waals surface area contributed by atoms with Crippen LogP contribution in [0.3, 0.4) is 0 Å². The van der Waals surface area contributed by atoms with Crippen LogP contribution in [0, 0.1) is 13.8 Å². The predicted molar refractivity (Wildman–Crippen MR) is 89.5 cm³/mol. The van der Waals surface area contributed by atoms with E-state index in [0.717, 1.165) is 16.7 Å². The van der Waals surface area contributed by atoms with Crippen molar-refractivity contribution in [2.24, 2.45) is 0 Å². The van der Waals surface area contributed by atoms with Gasteiger partial charge in [0.05, 0.1) is 0 Å². The van der Waals surface area contributed by atoms with Gasteiger partial charge in [0.15, 0.2) is 0 Å². The number of hydrogen-bond donors (Lipinski definition) is 3. The van der Waals surface area contributed by atoms with Crippen molar-refractivity contribution in [2.75, 3.05) is 11.1 Å². The highest BCUT2D eigenvalue weighted by Crippen LogP contribution is 2.26. The predicted octanol–water partition coefficient (Wildman–Crippen LogP) is 2.17. The van der Waals surface area contributed by atoms with Crippen molar-refractivity contribution in [1.82, 2.24) is 19.9 Å². The summed E-state index contributed by atoms with van der Waals surface area (Å²) in [5.41, 5.74) is 8.05. The SMILES string of the molecule is Cc1nccc(Nc2cc(-c3cc(N)[nH]c(=O)c3)c(C)cn2)n1. The van der Waals surface area contributed by atoms with Crippen molar-refractivity contribution >= 4 is 17.5 Å². The molecule has 0 bridgehead atoms. The number of nitrogens with zero attached hydrogens (tertiary/aromatic N) is 3. The number of nitrogens with one attached hydrogen (secondary N) is 2. The van der Waals surface area contributed by atoms with E-state index in [1.54, 1.807) is 24.5 Å². The van der Waals surface area contributed by atoms with Crippen molar-refractivity contribution in [1.29, 1.82) is 0 Å². The monoisotopic (exact) mass is 308 g/mol. The van der Waals surface area contributed by atoms with Crippen LogP contribution < -0.4 is 16.6 Å². The lowest BCUT2D eigenvalue weighted by Gasteiger charge is -2.10. The molecule has 0 radical (unpaired) electrons. The van der Waals surface area contributed by atoms with E-state index < -0.39 is 0 Å². The molecule has 0 aliphatic heterocycles. The number of H-pyrrole nitrogens is 1. The second-order valence-electron chi connectivity index (χ2n) is 5.19. The summed E-state index contributed by atoms with van der Waals surface area (Å²) in [7, 11) is 0. The molecule has 7 nitrogen and oxygen atoms in total. The minimum atomic E-state index is -0.239. The van der Waals surface area contributed by atoms with E-state index in [4.69, 9.17) is 5.73 Å². The van der Waals surface area contributed by atoms with Gasteiger partial charge >= 0.3 is 0 Å². The van der Waals surface area contributed by atoms with Gasteiger partial charge in [-0.3, -0.25) is 4.79 Å². The zero-order chi connectivity index (χ0) is 16.4. The average Bonchev–Trinajstić information content (AvgIpc) is 2.48. The number of pyridine rings is 2. The Hall–Kier alpha value is -3.22. The van der Waals surface area contributed by atoms with Gasteiger partial charge in [0.1, 0.15) is 23.3 Å². The second kappa shape index (κ2) is 5.88. The molecule has 0 fully saturated rings. The number of nitrogens with two attached hydrogens (primary N) is 1. The molecule has 4 N–H and O–H groups in total. The highest BCUT2D eigenvalue weighted by molar-refractivity contribution is 5.72. The summed E-state index contributed by atoms with van der Waals surface area (Å²) in [4.78, 5) is 26.8. The van der Waals surface area contributed by atoms with E-state index in [2.05, 4.69) is 25.3 Å². The molecule has 7 heteroatoms. The Balaban J connectivity index is 2.00. The van der Waals surface area contributed by atoms with Crippen LogP contribution >= 0.6 is 0 Å². The minimum Gasteiger partial charge on any atom is -0.385 e. The van der Waals surface area contributed by atoms with Gasteiger partial charge in [-0.1, -0.05) is 0 Å². The standard InChI is InChI=1S/C16H16N6O/c1-9-8-19-15(22-14-3-4-18-10(2)20-14)7-12(9)11-5-13(17)21-16(23)6-11/h3-8H,1-2H3,(H3,17,21,23)(H,18,19,20,22). The molecule has 0 saturated heterocycles. The number of rotatable bonds is 3. The fourth-order valence-corrected chi connectivity index (χ4v) is 2.28. The number of hydrogen-bond acceptors (Lipinski definition) is 6. The summed E-state index contributed by atoms with van der Waals surface area (Å²) < 4.78 is 0. The van der Waals surface area contributed by atoms with E-state index in [-0.39, 0.29) is 5.56 Å². The zero-order valence-electron chi connectivity index (χ0n) is 12.8. The van der Waals surface area contributed by atoms with Crippen LogP contribution in [0.1, 0.15) is 11.4 Å². The number of nitrogen functional groups attached to an aromatic ring is 1. The number of aromatic amines is 1. The maximum Gasteiger partial charge on any atom is 0.250 e. The van der Waals surface area contributed by atoms with Gasteiger partial charge in [-0.25, -0.2) is 15.0 Å². The molecule has 3 rings (SSSR count). The smallest absolute Gasteiger partial charge is 0.250 e. The first-order valence-corrected chi connectivity index (χ1v) is 7.05. The Morgan fingerprint density at radius 1 is 1.13 bits per heavy atom. The first-order chi connectivity index (χ1) is 11.0. The molecular weight excluding hydrogens is 292 g/mol. The molecule has 0 saturated carbocycles. The average molecular weight is 308 g/mol. The minimum absolute atomic E-state index is 0.239. The topological polar surface area (TPSA) is 110 Å². The van der Waals surface area contributed by atoms with E-state index in [0.29, 0.717) is 23.3 Å². The molecule has 0 aliphatic carbocycles. The Kier molecular flexibility index (Phi) is 3.76. The fourth-order valence-electron chi connectivity index (χ4n) is 2.28. The van der Waals surface area contributed by atoms with E-state index in [1.807, 2.05) is 19.9 Å². The van der Waals surface area contributed by atoms with Crippen molar-refractivity contribution < 1.29 is 0 Å². The molecule has 3 aromatic rings. The van der Waals surface area contributed by atoms with Crippen LogP contribution in [0.5, 0.6) is 0 Å². The Morgan fingerprint density at radius 2 is 1.96 bits per heavy atom. The summed E-state index contributed by atoms with van der Waals surface area (Å²) in [5, 5.41) is 3.13. The van der Waals surface area contributed by atoms with Crippen LogP contribution in [0.2, 0.25) is 0 Å². The fraction of sp³-hybridized carbons (Fsp3) is 0.125. The molecule has 3 heterocycles. The first kappa shape index (κ1) is 14.7. The third-order valence-electron chi connectivity index (χ3n) is 3.31. The van der Waals surface area contributed by atoms with Crippen molar-refractivity contribution in [3.05, 3.63) is 58.4 Å². The lowest BCUT2D eigenvalue weighted by atomic mass is 10.0. The summed E-state index contributed by atoms with van der Waals surface area (Å²) in [6, 6.07) is 6.86. The normalized spacial score (nSPS) is 10.5. The maximum atomic E-state index is 11.6. The van der Waals surface area contributed by atoms with Crippen LogP contribution in [-0.4, -0.2) is 19.9 Å². The van der Waals surface area contributed by atoms with Crippen molar-refractivity contribution in [2.45, 2.75) is 13.8 Å². The molecule has 3 aromatic heterocycles. The Labute approximate surface area is 132 Å². The molecule has 0 spiro atoms. The van der Waals surface area contributed by atoms with Crippen LogP contribution in [-0.2, 0) is 0 Å². The van der Waals surface area contributed by atoms with Gasteiger partial charge in [-0.15, -0.1) is 0 Å². The highest BCUT2D eigenvalue weighted by atomic mass is 16.1. The Bertz CT molecular complexity index is 918. The lowest BCUT2D eigenvalue weighted by Crippen LogP contribution is -2.08. The van der Waals surface area contributed by atoms with Gasteiger partial charge < -0.3 is 16.0 Å². The summed E-state index contributed by atoms with van der Waals surface area (Å²) in [6.07, 6.45) is 3.42. The van der Waals surface area contributed by atoms with E-state index in [9.17, 15) is 4.79 Å². The molecule has 0 aliphatic rings. The van der Waals surface area contributed by atoms with Crippen molar-refractivity contribution in [3.63, 3.8) is 0 Å². The van der Waals surface area contributed by atoms with Gasteiger partial charge in [0.25, 0.3) is 0 Å². The molecule has 0 aromatic carbocycles. The van der Waals surface area contributed by atoms with Gasteiger partial charge in [-0.2, -0.15) is 0 Å². The third-order valence-corrected chi connectivity index (χ3v) is 3.31. The lowest BCUT2D eigenvalue weighted by molar-refractivity contribution is 1.05. The molecule has 0 amide bonds. The molecule has 116 valence electrons. The number of aromatic nitrogens is 4. The number of aryl methyl sites for hydroxylation is 2. The second-order valence-corrected chi connectivity index (χ2v) is 5.19. The van der Waals surface area contributed by atoms with E-state index >= 15 is 0 Å². The zero-order valence-corrected chi connectivity index (χ0v) is 12.8. The maximum absolute atomic E-state index is 11.6. The molecule has 0 unspecified atom stereocenters. The van der Waals surface area contributed by atoms with Crippen LogP contribution in [0.15, 0.2) is 41.5 Å². The summed E-state index contributed by atoms with van der Waals surface area (Å²) in [5.74, 6) is 2.28. The summed E-state index contributed by atoms with van der Waals surface area (Å²) in [6.45, 7) is 3.75. The molecule has 0 atom stereocenters. The number of anilines is 3. The molecule has 23 heavy (non-hydrogen) atoms. The first-order valence-electron chi connectivity index (χ1n) is 7.05. The van der Waals surface area contributed by atoms with Crippen molar-refractivity contribution in [3.8, 4) is 11.1 Å². The Morgan fingerprint density at radius 3 is 2.70 bits per heavy atom. The third kappa shape index (κ3) is 3.34. The largest absolute Gasteiger partial charge is 0.385 e. The molecular formula is C16H16N6O. The summed E-state index contributed by atoms with van der Waals surface area (Å²) >= 11 is 0.